The van der Waals surface area contributed by atoms with Crippen molar-refractivity contribution in [3.63, 3.8) is 0 Å². The fourth-order valence-corrected chi connectivity index (χ4v) is 1.98. The molecule has 100 valence electrons. The lowest BCUT2D eigenvalue weighted by Gasteiger charge is -2.19. The quantitative estimate of drug-likeness (QED) is 0.805. The van der Waals surface area contributed by atoms with E-state index in [1.807, 2.05) is 38.2 Å². The van der Waals surface area contributed by atoms with Gasteiger partial charge >= 0.3 is 0 Å². The summed E-state index contributed by atoms with van der Waals surface area (Å²) in [4.78, 5) is 2.07. The summed E-state index contributed by atoms with van der Waals surface area (Å²) in [6.45, 7) is 2.76. The van der Waals surface area contributed by atoms with E-state index in [2.05, 4.69) is 4.90 Å². The average molecular weight is 261 g/mol. The van der Waals surface area contributed by atoms with Crippen molar-refractivity contribution in [2.24, 2.45) is 0 Å². The third-order valence-corrected chi connectivity index (χ3v) is 3.13. The second kappa shape index (κ2) is 5.83. The first-order valence-electron chi connectivity index (χ1n) is 6.27. The standard InChI is InChI=1S/C16H17F2N/c1-12-3-5-16(6-4-12)19(2)8-7-13-9-14(17)11-15(18)10-13/h3-6,9-11H,7-8H2,1-2H3. The third kappa shape index (κ3) is 3.78. The summed E-state index contributed by atoms with van der Waals surface area (Å²) < 4.78 is 26.1. The normalized spacial score (nSPS) is 10.5. The Morgan fingerprint density at radius 1 is 0.947 bits per heavy atom. The fraction of sp³-hybridized carbons (Fsp3) is 0.250. The number of rotatable bonds is 4. The number of likely N-dealkylation sites (N-methyl/N-ethyl adjacent to an activating group) is 1. The Kier molecular flexibility index (Phi) is 4.15. The van der Waals surface area contributed by atoms with Gasteiger partial charge in [0, 0.05) is 25.3 Å². The van der Waals surface area contributed by atoms with Gasteiger partial charge in [-0.2, -0.15) is 0 Å². The molecule has 0 heterocycles. The second-order valence-electron chi connectivity index (χ2n) is 4.78. The Morgan fingerprint density at radius 3 is 2.11 bits per heavy atom. The van der Waals surface area contributed by atoms with Gasteiger partial charge in [-0.05, 0) is 43.2 Å². The van der Waals surface area contributed by atoms with E-state index in [9.17, 15) is 8.78 Å². The molecule has 2 rings (SSSR count). The Bertz CT molecular complexity index is 529. The summed E-state index contributed by atoms with van der Waals surface area (Å²) in [7, 11) is 1.97. The molecule has 2 aromatic carbocycles. The number of anilines is 1. The topological polar surface area (TPSA) is 3.24 Å². The number of hydrogen-bond donors (Lipinski definition) is 0. The third-order valence-electron chi connectivity index (χ3n) is 3.13. The van der Waals surface area contributed by atoms with Crippen LogP contribution in [0.4, 0.5) is 14.5 Å². The van der Waals surface area contributed by atoms with E-state index in [-0.39, 0.29) is 0 Å². The van der Waals surface area contributed by atoms with Crippen LogP contribution < -0.4 is 4.90 Å². The molecular formula is C16H17F2N. The first-order valence-corrected chi connectivity index (χ1v) is 6.27. The molecule has 19 heavy (non-hydrogen) atoms. The molecule has 0 saturated carbocycles. The van der Waals surface area contributed by atoms with Crippen LogP contribution in [0.25, 0.3) is 0 Å². The van der Waals surface area contributed by atoms with Crippen LogP contribution in [0.15, 0.2) is 42.5 Å². The number of aryl methyl sites for hydroxylation is 1. The molecule has 0 atom stereocenters. The van der Waals surface area contributed by atoms with Crippen molar-refractivity contribution in [2.75, 3.05) is 18.5 Å². The highest BCUT2D eigenvalue weighted by atomic mass is 19.1. The van der Waals surface area contributed by atoms with Crippen LogP contribution in [0.1, 0.15) is 11.1 Å². The van der Waals surface area contributed by atoms with Gasteiger partial charge in [0.2, 0.25) is 0 Å². The summed E-state index contributed by atoms with van der Waals surface area (Å²) >= 11 is 0. The lowest BCUT2D eigenvalue weighted by molar-refractivity contribution is 0.579. The molecule has 0 bridgehead atoms. The number of nitrogens with zero attached hydrogens (tertiary/aromatic N) is 1. The predicted molar refractivity (Wildman–Crippen MR) is 74.5 cm³/mol. The van der Waals surface area contributed by atoms with Gasteiger partial charge in [-0.15, -0.1) is 0 Å². The summed E-state index contributed by atoms with van der Waals surface area (Å²) in [5.74, 6) is -1.04. The molecule has 0 N–H and O–H groups in total. The zero-order valence-corrected chi connectivity index (χ0v) is 11.2. The maximum absolute atomic E-state index is 13.1. The van der Waals surface area contributed by atoms with Crippen molar-refractivity contribution in [1.82, 2.24) is 0 Å². The molecular weight excluding hydrogens is 244 g/mol. The molecule has 0 aromatic heterocycles. The molecule has 0 aliphatic carbocycles. The zero-order valence-electron chi connectivity index (χ0n) is 11.2. The van der Waals surface area contributed by atoms with E-state index in [1.54, 1.807) is 0 Å². The Morgan fingerprint density at radius 2 is 1.53 bits per heavy atom. The minimum absolute atomic E-state index is 0.520. The van der Waals surface area contributed by atoms with Crippen LogP contribution in [-0.4, -0.2) is 13.6 Å². The minimum atomic E-state index is -0.520. The molecule has 0 aliphatic rings. The smallest absolute Gasteiger partial charge is 0.126 e. The highest BCUT2D eigenvalue weighted by molar-refractivity contribution is 5.46. The van der Waals surface area contributed by atoms with Crippen molar-refractivity contribution in [3.05, 3.63) is 65.2 Å². The maximum Gasteiger partial charge on any atom is 0.126 e. The fourth-order valence-electron chi connectivity index (χ4n) is 1.98. The first kappa shape index (κ1) is 13.5. The van der Waals surface area contributed by atoms with E-state index in [0.717, 1.165) is 11.8 Å². The highest BCUT2D eigenvalue weighted by Gasteiger charge is 2.04. The van der Waals surface area contributed by atoms with Crippen molar-refractivity contribution in [2.45, 2.75) is 13.3 Å². The molecule has 0 radical (unpaired) electrons. The van der Waals surface area contributed by atoms with Crippen LogP contribution in [0.2, 0.25) is 0 Å². The average Bonchev–Trinajstić information content (AvgIpc) is 2.36. The molecule has 0 aliphatic heterocycles. The van der Waals surface area contributed by atoms with Crippen LogP contribution >= 0.6 is 0 Å². The highest BCUT2D eigenvalue weighted by Crippen LogP contribution is 2.15. The van der Waals surface area contributed by atoms with Crippen LogP contribution in [0.3, 0.4) is 0 Å². The van der Waals surface area contributed by atoms with Crippen molar-refractivity contribution >= 4 is 5.69 Å². The van der Waals surface area contributed by atoms with Gasteiger partial charge in [0.05, 0.1) is 0 Å². The van der Waals surface area contributed by atoms with Crippen LogP contribution in [-0.2, 0) is 6.42 Å². The van der Waals surface area contributed by atoms with Gasteiger partial charge in [0.1, 0.15) is 11.6 Å². The van der Waals surface area contributed by atoms with E-state index >= 15 is 0 Å². The summed E-state index contributed by atoms with van der Waals surface area (Å²) in [6, 6.07) is 11.8. The first-order chi connectivity index (χ1) is 9.04. The molecule has 0 spiro atoms. The second-order valence-corrected chi connectivity index (χ2v) is 4.78. The Balaban J connectivity index is 1.99. The SMILES string of the molecule is Cc1ccc(N(C)CCc2cc(F)cc(F)c2)cc1. The number of halogens is 2. The van der Waals surface area contributed by atoms with Crippen LogP contribution in [0, 0.1) is 18.6 Å². The molecule has 0 saturated heterocycles. The molecule has 0 fully saturated rings. The monoisotopic (exact) mass is 261 g/mol. The van der Waals surface area contributed by atoms with Gasteiger partial charge in [-0.1, -0.05) is 17.7 Å². The van der Waals surface area contributed by atoms with E-state index in [1.165, 1.54) is 17.7 Å². The Labute approximate surface area is 112 Å². The lowest BCUT2D eigenvalue weighted by Crippen LogP contribution is -2.20. The van der Waals surface area contributed by atoms with E-state index in [0.29, 0.717) is 18.5 Å². The molecule has 2 aromatic rings. The lowest BCUT2D eigenvalue weighted by atomic mass is 10.1. The number of hydrogen-bond acceptors (Lipinski definition) is 1. The van der Waals surface area contributed by atoms with Gasteiger partial charge in [-0.3, -0.25) is 0 Å². The molecule has 1 nitrogen and oxygen atoms in total. The zero-order chi connectivity index (χ0) is 13.8. The van der Waals surface area contributed by atoms with Gasteiger partial charge in [-0.25, -0.2) is 8.78 Å². The minimum Gasteiger partial charge on any atom is -0.374 e. The summed E-state index contributed by atoms with van der Waals surface area (Å²) in [5, 5.41) is 0. The molecule has 3 heteroatoms. The largest absolute Gasteiger partial charge is 0.374 e. The van der Waals surface area contributed by atoms with Gasteiger partial charge in [0.15, 0.2) is 0 Å². The van der Waals surface area contributed by atoms with Gasteiger partial charge in [0.25, 0.3) is 0 Å². The van der Waals surface area contributed by atoms with Crippen molar-refractivity contribution in [3.8, 4) is 0 Å². The van der Waals surface area contributed by atoms with Crippen molar-refractivity contribution < 1.29 is 8.78 Å². The predicted octanol–water partition coefficient (Wildman–Crippen LogP) is 3.95. The van der Waals surface area contributed by atoms with Gasteiger partial charge < -0.3 is 4.90 Å². The summed E-state index contributed by atoms with van der Waals surface area (Å²) in [5.41, 5.74) is 2.99. The van der Waals surface area contributed by atoms with Crippen molar-refractivity contribution in [1.29, 1.82) is 0 Å². The van der Waals surface area contributed by atoms with Crippen LogP contribution in [0.5, 0.6) is 0 Å². The number of benzene rings is 2. The molecule has 0 unspecified atom stereocenters. The van der Waals surface area contributed by atoms with E-state index < -0.39 is 11.6 Å². The molecule has 0 amide bonds. The Hall–Kier alpha value is -1.90. The summed E-state index contributed by atoms with van der Waals surface area (Å²) in [6.07, 6.45) is 0.610. The van der Waals surface area contributed by atoms with E-state index in [4.69, 9.17) is 0 Å². The maximum atomic E-state index is 13.1.